The third-order valence-corrected chi connectivity index (χ3v) is 5.85. The monoisotopic (exact) mass is 395 g/mol. The average molecular weight is 395 g/mol. The fraction of sp³-hybridized carbons (Fsp3) is 0.167. The van der Waals surface area contributed by atoms with E-state index in [1.165, 1.54) is 36.5 Å². The van der Waals surface area contributed by atoms with Crippen LogP contribution >= 0.6 is 11.8 Å². The van der Waals surface area contributed by atoms with Crippen LogP contribution in [-0.2, 0) is 4.79 Å². The number of benzene rings is 1. The molecule has 8 nitrogen and oxygen atoms in total. The number of halogens is 1. The Morgan fingerprint density at radius 3 is 2.86 bits per heavy atom. The van der Waals surface area contributed by atoms with E-state index in [2.05, 4.69) is 30.4 Å². The van der Waals surface area contributed by atoms with E-state index in [0.717, 1.165) is 16.8 Å². The number of H-pyrrole nitrogens is 1. The standard InChI is InChI=1S/C18H14FN7OS/c1-9-13-15(10-2-4-11(19)5-3-10)28-6-12(27)24-17(13)26(25-9)18-14-16(21-7-20-14)22-8-23-18/h2-5,7-8,15H,6H2,1H3,(H,24,27)(H,20,21,22,23)/t15-/m1/s1. The molecular formula is C18H14FN7OS. The molecule has 140 valence electrons. The summed E-state index contributed by atoms with van der Waals surface area (Å²) in [6, 6.07) is 6.32. The third kappa shape index (κ3) is 2.64. The number of rotatable bonds is 2. The van der Waals surface area contributed by atoms with Crippen molar-refractivity contribution < 1.29 is 9.18 Å². The summed E-state index contributed by atoms with van der Waals surface area (Å²) in [7, 11) is 0. The van der Waals surface area contributed by atoms with E-state index >= 15 is 0 Å². The lowest BCUT2D eigenvalue weighted by Crippen LogP contribution is -2.16. The summed E-state index contributed by atoms with van der Waals surface area (Å²) in [5, 5.41) is 7.42. The molecular weight excluding hydrogens is 381 g/mol. The van der Waals surface area contributed by atoms with Crippen molar-refractivity contribution in [3.05, 3.63) is 59.6 Å². The van der Waals surface area contributed by atoms with Crippen LogP contribution in [0.15, 0.2) is 36.9 Å². The van der Waals surface area contributed by atoms with E-state index in [1.54, 1.807) is 16.8 Å². The van der Waals surface area contributed by atoms with Gasteiger partial charge in [0.1, 0.15) is 23.5 Å². The molecule has 1 atom stereocenters. The number of amides is 1. The van der Waals surface area contributed by atoms with Crippen molar-refractivity contribution in [2.45, 2.75) is 12.2 Å². The summed E-state index contributed by atoms with van der Waals surface area (Å²) >= 11 is 1.48. The maximum Gasteiger partial charge on any atom is 0.235 e. The summed E-state index contributed by atoms with van der Waals surface area (Å²) in [6.07, 6.45) is 2.94. The van der Waals surface area contributed by atoms with Gasteiger partial charge in [-0.1, -0.05) is 12.1 Å². The summed E-state index contributed by atoms with van der Waals surface area (Å²) in [4.78, 5) is 28.0. The maximum absolute atomic E-state index is 13.4. The Morgan fingerprint density at radius 1 is 1.21 bits per heavy atom. The van der Waals surface area contributed by atoms with Gasteiger partial charge >= 0.3 is 0 Å². The number of fused-ring (bicyclic) bond motifs is 2. The number of aromatic amines is 1. The molecule has 5 rings (SSSR count). The van der Waals surface area contributed by atoms with Crippen molar-refractivity contribution in [1.82, 2.24) is 29.7 Å². The van der Waals surface area contributed by atoms with Gasteiger partial charge in [-0.15, -0.1) is 11.8 Å². The quantitative estimate of drug-likeness (QED) is 0.541. The van der Waals surface area contributed by atoms with Crippen LogP contribution in [0.25, 0.3) is 17.0 Å². The number of aromatic nitrogens is 6. The second-order valence-electron chi connectivity index (χ2n) is 6.35. The van der Waals surface area contributed by atoms with Crippen LogP contribution in [0.1, 0.15) is 22.1 Å². The lowest BCUT2D eigenvalue weighted by atomic mass is 10.0. The van der Waals surface area contributed by atoms with E-state index in [0.29, 0.717) is 22.8 Å². The molecule has 2 N–H and O–H groups in total. The summed E-state index contributed by atoms with van der Waals surface area (Å²) < 4.78 is 15.0. The molecule has 28 heavy (non-hydrogen) atoms. The molecule has 0 radical (unpaired) electrons. The average Bonchev–Trinajstić information content (AvgIpc) is 3.24. The highest BCUT2D eigenvalue weighted by Gasteiger charge is 2.31. The Hall–Kier alpha value is -3.27. The van der Waals surface area contributed by atoms with Gasteiger partial charge in [-0.25, -0.2) is 19.3 Å². The molecule has 0 bridgehead atoms. The minimum absolute atomic E-state index is 0.132. The first-order valence-corrected chi connectivity index (χ1v) is 9.57. The molecule has 1 aliphatic heterocycles. The molecule has 4 aromatic rings. The number of hydrogen-bond acceptors (Lipinski definition) is 6. The maximum atomic E-state index is 13.4. The van der Waals surface area contributed by atoms with Crippen LogP contribution in [-0.4, -0.2) is 41.4 Å². The zero-order chi connectivity index (χ0) is 19.3. The predicted molar refractivity (Wildman–Crippen MR) is 103 cm³/mol. The van der Waals surface area contributed by atoms with Crippen LogP contribution in [0.4, 0.5) is 10.2 Å². The van der Waals surface area contributed by atoms with Gasteiger partial charge in [-0.3, -0.25) is 4.79 Å². The number of nitrogens with one attached hydrogen (secondary N) is 2. The Labute approximate surface area is 162 Å². The Balaban J connectivity index is 1.73. The third-order valence-electron chi connectivity index (χ3n) is 4.58. The van der Waals surface area contributed by atoms with Crippen LogP contribution in [0.2, 0.25) is 0 Å². The van der Waals surface area contributed by atoms with Gasteiger partial charge in [-0.2, -0.15) is 9.78 Å². The van der Waals surface area contributed by atoms with E-state index in [-0.39, 0.29) is 22.7 Å². The fourth-order valence-electron chi connectivity index (χ4n) is 3.35. The number of carbonyl (C=O) groups excluding carboxylic acids is 1. The predicted octanol–water partition coefficient (Wildman–Crippen LogP) is 2.76. The lowest BCUT2D eigenvalue weighted by Gasteiger charge is -2.15. The van der Waals surface area contributed by atoms with Gasteiger partial charge in [-0.05, 0) is 24.6 Å². The molecule has 0 aliphatic carbocycles. The first kappa shape index (κ1) is 16.9. The lowest BCUT2D eigenvalue weighted by molar-refractivity contribution is -0.113. The molecule has 1 aromatic carbocycles. The number of carbonyl (C=O) groups is 1. The SMILES string of the molecule is Cc1nn(-c2ncnc3nc[nH]c23)c2c1[C@@H](c1ccc(F)cc1)SCC(=O)N2. The zero-order valence-electron chi connectivity index (χ0n) is 14.7. The number of thioether (sulfide) groups is 1. The molecule has 0 unspecified atom stereocenters. The van der Waals surface area contributed by atoms with Gasteiger partial charge in [0.05, 0.1) is 23.0 Å². The summed E-state index contributed by atoms with van der Waals surface area (Å²) in [5.74, 6) is 0.895. The first-order chi connectivity index (χ1) is 13.6. The van der Waals surface area contributed by atoms with E-state index in [9.17, 15) is 9.18 Å². The topological polar surface area (TPSA) is 101 Å². The van der Waals surface area contributed by atoms with Crippen molar-refractivity contribution in [1.29, 1.82) is 0 Å². The van der Waals surface area contributed by atoms with Crippen molar-refractivity contribution in [2.24, 2.45) is 0 Å². The molecule has 1 amide bonds. The molecule has 0 spiro atoms. The van der Waals surface area contributed by atoms with Gasteiger partial charge in [0.15, 0.2) is 11.5 Å². The molecule has 0 fully saturated rings. The Kier molecular flexibility index (Phi) is 3.86. The molecule has 0 saturated carbocycles. The van der Waals surface area contributed by atoms with Gasteiger partial charge < -0.3 is 10.3 Å². The van der Waals surface area contributed by atoms with Crippen molar-refractivity contribution in [3.63, 3.8) is 0 Å². The van der Waals surface area contributed by atoms with Crippen molar-refractivity contribution >= 4 is 34.7 Å². The van der Waals surface area contributed by atoms with Crippen molar-refractivity contribution in [3.8, 4) is 5.82 Å². The minimum Gasteiger partial charge on any atom is -0.340 e. The molecule has 4 heterocycles. The van der Waals surface area contributed by atoms with Crippen LogP contribution < -0.4 is 5.32 Å². The summed E-state index contributed by atoms with van der Waals surface area (Å²) in [6.45, 7) is 1.88. The molecule has 10 heteroatoms. The van der Waals surface area contributed by atoms with E-state index in [4.69, 9.17) is 0 Å². The van der Waals surface area contributed by atoms with Gasteiger partial charge in [0.25, 0.3) is 0 Å². The minimum atomic E-state index is -0.299. The fourth-order valence-corrected chi connectivity index (χ4v) is 4.54. The molecule has 3 aromatic heterocycles. The van der Waals surface area contributed by atoms with Gasteiger partial charge in [0.2, 0.25) is 5.91 Å². The first-order valence-electron chi connectivity index (χ1n) is 8.52. The highest BCUT2D eigenvalue weighted by atomic mass is 32.2. The van der Waals surface area contributed by atoms with Crippen LogP contribution in [0, 0.1) is 12.7 Å². The highest BCUT2D eigenvalue weighted by Crippen LogP contribution is 2.43. The second-order valence-corrected chi connectivity index (χ2v) is 7.44. The van der Waals surface area contributed by atoms with Crippen molar-refractivity contribution in [2.75, 3.05) is 11.1 Å². The number of anilines is 1. The molecule has 0 saturated heterocycles. The largest absolute Gasteiger partial charge is 0.340 e. The normalized spacial score (nSPS) is 16.6. The van der Waals surface area contributed by atoms with Crippen LogP contribution in [0.3, 0.4) is 0 Å². The number of hydrogen-bond donors (Lipinski definition) is 2. The number of nitrogens with zero attached hydrogens (tertiary/aromatic N) is 5. The molecule has 1 aliphatic rings. The van der Waals surface area contributed by atoms with Gasteiger partial charge in [0, 0.05) is 5.56 Å². The number of imidazole rings is 1. The highest BCUT2D eigenvalue weighted by molar-refractivity contribution is 8.00. The second kappa shape index (κ2) is 6.41. The Bertz CT molecular complexity index is 1200. The zero-order valence-corrected chi connectivity index (χ0v) is 15.5. The number of aryl methyl sites for hydroxylation is 1. The Morgan fingerprint density at radius 2 is 2.04 bits per heavy atom. The van der Waals surface area contributed by atoms with Crippen LogP contribution in [0.5, 0.6) is 0 Å². The van der Waals surface area contributed by atoms with E-state index in [1.807, 2.05) is 6.92 Å². The van der Waals surface area contributed by atoms with E-state index < -0.39 is 0 Å². The summed E-state index contributed by atoms with van der Waals surface area (Å²) in [5.41, 5.74) is 3.66. The smallest absolute Gasteiger partial charge is 0.235 e.